The first-order chi connectivity index (χ1) is 7.91. The molecule has 0 unspecified atom stereocenters. The van der Waals surface area contributed by atoms with Gasteiger partial charge in [0, 0.05) is 31.2 Å². The highest BCUT2D eigenvalue weighted by Gasteiger charge is 2.24. The summed E-state index contributed by atoms with van der Waals surface area (Å²) in [4.78, 5) is 16.4. The standard InChI is InChI=1S/C13H27N3O.ClH/c1-10(2)16(11(3)4)13(17)9-15-7-5-12(14)6-8-15;/h10-12H,5-9,14H2,1-4H3;1H. The molecule has 108 valence electrons. The number of carbonyl (C=O) groups excluding carboxylic acids is 1. The van der Waals surface area contributed by atoms with Crippen LogP contribution in [0.2, 0.25) is 0 Å². The summed E-state index contributed by atoms with van der Waals surface area (Å²) in [5.41, 5.74) is 5.86. The zero-order valence-electron chi connectivity index (χ0n) is 12.1. The van der Waals surface area contributed by atoms with E-state index < -0.39 is 0 Å². The molecule has 18 heavy (non-hydrogen) atoms. The molecule has 0 aromatic carbocycles. The van der Waals surface area contributed by atoms with Crippen LogP contribution in [0.3, 0.4) is 0 Å². The maximum absolute atomic E-state index is 12.2. The summed E-state index contributed by atoms with van der Waals surface area (Å²) >= 11 is 0. The smallest absolute Gasteiger partial charge is 0.237 e. The first-order valence-electron chi connectivity index (χ1n) is 6.71. The van der Waals surface area contributed by atoms with E-state index in [1.54, 1.807) is 0 Å². The highest BCUT2D eigenvalue weighted by atomic mass is 35.5. The van der Waals surface area contributed by atoms with Gasteiger partial charge in [-0.05, 0) is 40.5 Å². The molecule has 0 saturated carbocycles. The number of likely N-dealkylation sites (tertiary alicyclic amines) is 1. The number of nitrogens with zero attached hydrogens (tertiary/aromatic N) is 2. The fourth-order valence-electron chi connectivity index (χ4n) is 2.56. The van der Waals surface area contributed by atoms with Crippen LogP contribution >= 0.6 is 12.4 Å². The van der Waals surface area contributed by atoms with Crippen molar-refractivity contribution in [3.63, 3.8) is 0 Å². The fourth-order valence-corrected chi connectivity index (χ4v) is 2.56. The molecular weight excluding hydrogens is 250 g/mol. The minimum Gasteiger partial charge on any atom is -0.337 e. The molecule has 1 saturated heterocycles. The van der Waals surface area contributed by atoms with Gasteiger partial charge in [-0.25, -0.2) is 0 Å². The van der Waals surface area contributed by atoms with E-state index in [2.05, 4.69) is 32.6 Å². The second-order valence-electron chi connectivity index (χ2n) is 5.60. The van der Waals surface area contributed by atoms with E-state index in [0.29, 0.717) is 12.6 Å². The van der Waals surface area contributed by atoms with Gasteiger partial charge in [0.2, 0.25) is 5.91 Å². The summed E-state index contributed by atoms with van der Waals surface area (Å²) in [6, 6.07) is 0.872. The number of amides is 1. The lowest BCUT2D eigenvalue weighted by Crippen LogP contribution is -2.49. The van der Waals surface area contributed by atoms with Gasteiger partial charge < -0.3 is 10.6 Å². The summed E-state index contributed by atoms with van der Waals surface area (Å²) in [6.07, 6.45) is 2.02. The number of carbonyl (C=O) groups is 1. The Kier molecular flexibility index (Phi) is 7.83. The Labute approximate surface area is 117 Å². The monoisotopic (exact) mass is 277 g/mol. The molecule has 1 fully saturated rings. The molecule has 4 nitrogen and oxygen atoms in total. The lowest BCUT2D eigenvalue weighted by molar-refractivity contribution is -0.136. The predicted octanol–water partition coefficient (Wildman–Crippen LogP) is 1.48. The Bertz CT molecular complexity index is 243. The third-order valence-electron chi connectivity index (χ3n) is 3.39. The van der Waals surface area contributed by atoms with Gasteiger partial charge in [0.25, 0.3) is 0 Å². The Morgan fingerprint density at radius 2 is 1.67 bits per heavy atom. The molecule has 0 atom stereocenters. The van der Waals surface area contributed by atoms with Crippen molar-refractivity contribution in [3.05, 3.63) is 0 Å². The normalized spacial score (nSPS) is 17.9. The van der Waals surface area contributed by atoms with Crippen molar-refractivity contribution >= 4 is 18.3 Å². The van der Waals surface area contributed by atoms with Gasteiger partial charge in [-0.2, -0.15) is 0 Å². The predicted molar refractivity (Wildman–Crippen MR) is 78.0 cm³/mol. The van der Waals surface area contributed by atoms with Crippen molar-refractivity contribution in [1.29, 1.82) is 0 Å². The van der Waals surface area contributed by atoms with Gasteiger partial charge in [-0.3, -0.25) is 9.69 Å². The van der Waals surface area contributed by atoms with E-state index >= 15 is 0 Å². The molecule has 5 heteroatoms. The lowest BCUT2D eigenvalue weighted by Gasteiger charge is -2.35. The van der Waals surface area contributed by atoms with Gasteiger partial charge in [0.1, 0.15) is 0 Å². The third kappa shape index (κ3) is 5.12. The van der Waals surface area contributed by atoms with E-state index in [-0.39, 0.29) is 30.4 Å². The quantitative estimate of drug-likeness (QED) is 0.847. The van der Waals surface area contributed by atoms with Crippen molar-refractivity contribution in [1.82, 2.24) is 9.80 Å². The first kappa shape index (κ1) is 17.7. The molecule has 0 aromatic rings. The molecule has 1 heterocycles. The van der Waals surface area contributed by atoms with Crippen LogP contribution < -0.4 is 5.73 Å². The molecule has 1 rings (SSSR count). The second-order valence-corrected chi connectivity index (χ2v) is 5.60. The molecule has 0 bridgehead atoms. The van der Waals surface area contributed by atoms with E-state index in [9.17, 15) is 4.79 Å². The molecule has 0 spiro atoms. The molecule has 1 aliphatic heterocycles. The van der Waals surface area contributed by atoms with Crippen LogP contribution in [0.1, 0.15) is 40.5 Å². The van der Waals surface area contributed by atoms with Gasteiger partial charge in [-0.1, -0.05) is 0 Å². The average molecular weight is 278 g/mol. The van der Waals surface area contributed by atoms with Crippen molar-refractivity contribution in [2.24, 2.45) is 5.73 Å². The number of rotatable bonds is 4. The van der Waals surface area contributed by atoms with Crippen LogP contribution in [0.25, 0.3) is 0 Å². The van der Waals surface area contributed by atoms with Crippen LogP contribution in [-0.4, -0.2) is 53.5 Å². The van der Waals surface area contributed by atoms with Gasteiger partial charge in [-0.15, -0.1) is 12.4 Å². The molecule has 1 aliphatic rings. The maximum atomic E-state index is 12.2. The molecule has 0 radical (unpaired) electrons. The number of hydrogen-bond donors (Lipinski definition) is 1. The Hall–Kier alpha value is -0.320. The van der Waals surface area contributed by atoms with E-state index in [1.165, 1.54) is 0 Å². The summed E-state index contributed by atoms with van der Waals surface area (Å²) < 4.78 is 0. The van der Waals surface area contributed by atoms with Crippen LogP contribution in [0, 0.1) is 0 Å². The minimum absolute atomic E-state index is 0. The average Bonchev–Trinajstić information content (AvgIpc) is 2.20. The second kappa shape index (κ2) is 7.97. The maximum Gasteiger partial charge on any atom is 0.237 e. The van der Waals surface area contributed by atoms with Gasteiger partial charge in [0.05, 0.1) is 6.54 Å². The zero-order chi connectivity index (χ0) is 13.0. The van der Waals surface area contributed by atoms with Crippen molar-refractivity contribution in [2.75, 3.05) is 19.6 Å². The molecule has 2 N–H and O–H groups in total. The SMILES string of the molecule is CC(C)N(C(=O)CN1CCC(N)CC1)C(C)C.Cl. The van der Waals surface area contributed by atoms with Crippen LogP contribution in [0.5, 0.6) is 0 Å². The highest BCUT2D eigenvalue weighted by Crippen LogP contribution is 2.11. The van der Waals surface area contributed by atoms with Crippen molar-refractivity contribution in [2.45, 2.75) is 58.7 Å². The van der Waals surface area contributed by atoms with E-state index in [0.717, 1.165) is 25.9 Å². The minimum atomic E-state index is 0. The van der Waals surface area contributed by atoms with E-state index in [1.807, 2.05) is 4.90 Å². The van der Waals surface area contributed by atoms with Crippen LogP contribution in [0.15, 0.2) is 0 Å². The summed E-state index contributed by atoms with van der Waals surface area (Å²) in [6.45, 7) is 10.7. The number of halogens is 1. The number of nitrogens with two attached hydrogens (primary N) is 1. The molecule has 1 amide bonds. The van der Waals surface area contributed by atoms with Crippen LogP contribution in [-0.2, 0) is 4.79 Å². The summed E-state index contributed by atoms with van der Waals surface area (Å²) in [5.74, 6) is 0.241. The topological polar surface area (TPSA) is 49.6 Å². The number of piperidine rings is 1. The molecule has 0 aliphatic carbocycles. The fraction of sp³-hybridized carbons (Fsp3) is 0.923. The zero-order valence-corrected chi connectivity index (χ0v) is 12.9. The molecular formula is C13H28ClN3O. The highest BCUT2D eigenvalue weighted by molar-refractivity contribution is 5.85. The van der Waals surface area contributed by atoms with Crippen molar-refractivity contribution in [3.8, 4) is 0 Å². The Morgan fingerprint density at radius 1 is 1.22 bits per heavy atom. The Balaban J connectivity index is 0.00000289. The van der Waals surface area contributed by atoms with Crippen molar-refractivity contribution < 1.29 is 4.79 Å². The summed E-state index contributed by atoms with van der Waals surface area (Å²) in [7, 11) is 0. The third-order valence-corrected chi connectivity index (χ3v) is 3.39. The molecule has 0 aromatic heterocycles. The van der Waals surface area contributed by atoms with Gasteiger partial charge in [0.15, 0.2) is 0 Å². The van der Waals surface area contributed by atoms with E-state index in [4.69, 9.17) is 5.73 Å². The largest absolute Gasteiger partial charge is 0.337 e. The Morgan fingerprint density at radius 3 is 2.06 bits per heavy atom. The van der Waals surface area contributed by atoms with Gasteiger partial charge >= 0.3 is 0 Å². The van der Waals surface area contributed by atoms with Crippen LogP contribution in [0.4, 0.5) is 0 Å². The summed E-state index contributed by atoms with van der Waals surface area (Å²) in [5, 5.41) is 0. The number of hydrogen-bond acceptors (Lipinski definition) is 3. The first-order valence-corrected chi connectivity index (χ1v) is 6.71. The lowest BCUT2D eigenvalue weighted by atomic mass is 10.1.